The molecule has 1 heterocycles. The SMILES string of the molecule is Cc1cccc(C)c1OC1CCN(C(=O)C(C)Oc2ccccc2Cl)CC1. The van der Waals surface area contributed by atoms with Crippen LogP contribution in [0.3, 0.4) is 0 Å². The minimum absolute atomic E-state index is 0.0135. The standard InChI is InChI=1S/C22H26ClNO3/c1-15-7-6-8-16(2)21(15)27-18-11-13-24(14-12-18)22(25)17(3)26-20-10-5-4-9-19(20)23/h4-10,17-18H,11-14H2,1-3H3. The number of amides is 1. The molecule has 144 valence electrons. The van der Waals surface area contributed by atoms with Crippen LogP contribution in [0.15, 0.2) is 42.5 Å². The molecule has 1 fully saturated rings. The van der Waals surface area contributed by atoms with Crippen molar-refractivity contribution in [2.75, 3.05) is 13.1 Å². The second-order valence-corrected chi connectivity index (χ2v) is 7.46. The van der Waals surface area contributed by atoms with E-state index in [1.807, 2.05) is 23.1 Å². The maximum absolute atomic E-state index is 12.7. The summed E-state index contributed by atoms with van der Waals surface area (Å²) in [5.41, 5.74) is 2.30. The fourth-order valence-electron chi connectivity index (χ4n) is 3.38. The molecule has 0 spiro atoms. The van der Waals surface area contributed by atoms with Crippen LogP contribution in [0.4, 0.5) is 0 Å². The van der Waals surface area contributed by atoms with Crippen molar-refractivity contribution < 1.29 is 14.3 Å². The Hall–Kier alpha value is -2.20. The summed E-state index contributed by atoms with van der Waals surface area (Å²) >= 11 is 6.11. The summed E-state index contributed by atoms with van der Waals surface area (Å²) in [5, 5.41) is 0.512. The van der Waals surface area contributed by atoms with Gasteiger partial charge >= 0.3 is 0 Å². The molecule has 0 saturated carbocycles. The summed E-state index contributed by atoms with van der Waals surface area (Å²) in [6.45, 7) is 7.24. The summed E-state index contributed by atoms with van der Waals surface area (Å²) in [6.07, 6.45) is 1.20. The van der Waals surface area contributed by atoms with Crippen molar-refractivity contribution in [2.24, 2.45) is 0 Å². The second-order valence-electron chi connectivity index (χ2n) is 7.05. The van der Waals surface area contributed by atoms with E-state index in [-0.39, 0.29) is 12.0 Å². The van der Waals surface area contributed by atoms with Crippen molar-refractivity contribution in [3.05, 3.63) is 58.6 Å². The van der Waals surface area contributed by atoms with Crippen LogP contribution in [0.5, 0.6) is 11.5 Å². The Morgan fingerprint density at radius 3 is 2.33 bits per heavy atom. The molecular weight excluding hydrogens is 362 g/mol. The van der Waals surface area contributed by atoms with Crippen molar-refractivity contribution in [1.82, 2.24) is 4.90 Å². The van der Waals surface area contributed by atoms with Gasteiger partial charge in [-0.1, -0.05) is 41.9 Å². The third-order valence-electron chi connectivity index (χ3n) is 4.94. The molecular formula is C22H26ClNO3. The molecule has 0 bridgehead atoms. The van der Waals surface area contributed by atoms with Gasteiger partial charge in [-0.05, 0) is 44.0 Å². The number of rotatable bonds is 5. The average molecular weight is 388 g/mol. The first kappa shape index (κ1) is 19.6. The van der Waals surface area contributed by atoms with Crippen molar-refractivity contribution in [2.45, 2.75) is 45.8 Å². The number of likely N-dealkylation sites (tertiary alicyclic amines) is 1. The number of hydrogen-bond acceptors (Lipinski definition) is 3. The molecule has 0 N–H and O–H groups in total. The quantitative estimate of drug-likeness (QED) is 0.740. The van der Waals surface area contributed by atoms with E-state index < -0.39 is 6.10 Å². The van der Waals surface area contributed by atoms with Crippen LogP contribution in [0, 0.1) is 13.8 Å². The highest BCUT2D eigenvalue weighted by molar-refractivity contribution is 6.32. The molecule has 4 nitrogen and oxygen atoms in total. The predicted molar refractivity (Wildman–Crippen MR) is 108 cm³/mol. The van der Waals surface area contributed by atoms with E-state index in [2.05, 4.69) is 26.0 Å². The van der Waals surface area contributed by atoms with Crippen LogP contribution >= 0.6 is 11.6 Å². The number of aryl methyl sites for hydroxylation is 2. The van der Waals surface area contributed by atoms with E-state index >= 15 is 0 Å². The Labute approximate surface area is 166 Å². The number of benzene rings is 2. The monoisotopic (exact) mass is 387 g/mol. The molecule has 27 heavy (non-hydrogen) atoms. The first-order valence-corrected chi connectivity index (χ1v) is 9.76. The van der Waals surface area contributed by atoms with Gasteiger partial charge in [-0.15, -0.1) is 0 Å². The van der Waals surface area contributed by atoms with Gasteiger partial charge in [0.15, 0.2) is 6.10 Å². The van der Waals surface area contributed by atoms with Crippen molar-refractivity contribution in [3.63, 3.8) is 0 Å². The van der Waals surface area contributed by atoms with Gasteiger partial charge < -0.3 is 14.4 Å². The Morgan fingerprint density at radius 1 is 1.07 bits per heavy atom. The third-order valence-corrected chi connectivity index (χ3v) is 5.25. The minimum atomic E-state index is -0.569. The van der Waals surface area contributed by atoms with Crippen molar-refractivity contribution in [3.8, 4) is 11.5 Å². The molecule has 1 amide bonds. The highest BCUT2D eigenvalue weighted by Crippen LogP contribution is 2.27. The van der Waals surface area contributed by atoms with Gasteiger partial charge in [0.25, 0.3) is 5.91 Å². The van der Waals surface area contributed by atoms with Gasteiger partial charge in [-0.25, -0.2) is 0 Å². The maximum Gasteiger partial charge on any atom is 0.263 e. The molecule has 1 saturated heterocycles. The molecule has 2 aromatic rings. The van der Waals surface area contributed by atoms with Gasteiger partial charge in [0, 0.05) is 25.9 Å². The lowest BCUT2D eigenvalue weighted by Crippen LogP contribution is -2.46. The summed E-state index contributed by atoms with van der Waals surface area (Å²) in [7, 11) is 0. The van der Waals surface area contributed by atoms with E-state index in [9.17, 15) is 4.79 Å². The van der Waals surface area contributed by atoms with Crippen molar-refractivity contribution >= 4 is 17.5 Å². The lowest BCUT2D eigenvalue weighted by Gasteiger charge is -2.34. The Morgan fingerprint density at radius 2 is 1.70 bits per heavy atom. The van der Waals surface area contributed by atoms with Crippen LogP contribution in [-0.2, 0) is 4.79 Å². The smallest absolute Gasteiger partial charge is 0.263 e. The molecule has 1 aliphatic heterocycles. The highest BCUT2D eigenvalue weighted by atomic mass is 35.5. The molecule has 0 radical (unpaired) electrons. The summed E-state index contributed by atoms with van der Waals surface area (Å²) < 4.78 is 12.0. The Balaban J connectivity index is 1.54. The van der Waals surface area contributed by atoms with E-state index in [4.69, 9.17) is 21.1 Å². The Kier molecular flexibility index (Phi) is 6.27. The third kappa shape index (κ3) is 4.75. The fourth-order valence-corrected chi connectivity index (χ4v) is 3.56. The van der Waals surface area contributed by atoms with E-state index in [1.165, 1.54) is 0 Å². The van der Waals surface area contributed by atoms with Gasteiger partial charge in [0.2, 0.25) is 0 Å². The number of halogens is 1. The van der Waals surface area contributed by atoms with E-state index in [0.717, 1.165) is 29.7 Å². The molecule has 1 unspecified atom stereocenters. The average Bonchev–Trinajstić information content (AvgIpc) is 2.66. The zero-order valence-corrected chi connectivity index (χ0v) is 16.8. The molecule has 2 aromatic carbocycles. The first-order chi connectivity index (χ1) is 13.0. The molecule has 3 rings (SSSR count). The van der Waals surface area contributed by atoms with Gasteiger partial charge in [-0.3, -0.25) is 4.79 Å². The fraction of sp³-hybridized carbons (Fsp3) is 0.409. The number of ether oxygens (including phenoxy) is 2. The van der Waals surface area contributed by atoms with Gasteiger partial charge in [-0.2, -0.15) is 0 Å². The van der Waals surface area contributed by atoms with Gasteiger partial charge in [0.05, 0.1) is 5.02 Å². The molecule has 0 aromatic heterocycles. The zero-order valence-electron chi connectivity index (χ0n) is 16.1. The van der Waals surface area contributed by atoms with Crippen LogP contribution in [-0.4, -0.2) is 36.1 Å². The summed E-state index contributed by atoms with van der Waals surface area (Å²) in [6, 6.07) is 13.4. The predicted octanol–water partition coefficient (Wildman–Crippen LogP) is 4.79. The van der Waals surface area contributed by atoms with E-state index in [1.54, 1.807) is 19.1 Å². The van der Waals surface area contributed by atoms with Crippen LogP contribution < -0.4 is 9.47 Å². The Bertz CT molecular complexity index is 780. The van der Waals surface area contributed by atoms with Crippen LogP contribution in [0.2, 0.25) is 5.02 Å². The maximum atomic E-state index is 12.7. The molecule has 0 aliphatic carbocycles. The number of piperidine rings is 1. The van der Waals surface area contributed by atoms with Crippen LogP contribution in [0.1, 0.15) is 30.9 Å². The zero-order chi connectivity index (χ0) is 19.4. The second kappa shape index (κ2) is 8.66. The molecule has 5 heteroatoms. The lowest BCUT2D eigenvalue weighted by atomic mass is 10.1. The lowest BCUT2D eigenvalue weighted by molar-refractivity contribution is -0.139. The normalized spacial score (nSPS) is 16.1. The number of para-hydroxylation sites is 2. The molecule has 1 atom stereocenters. The first-order valence-electron chi connectivity index (χ1n) is 9.38. The summed E-state index contributed by atoms with van der Waals surface area (Å²) in [5.74, 6) is 1.49. The van der Waals surface area contributed by atoms with Crippen LogP contribution in [0.25, 0.3) is 0 Å². The number of hydrogen-bond donors (Lipinski definition) is 0. The van der Waals surface area contributed by atoms with E-state index in [0.29, 0.717) is 23.9 Å². The minimum Gasteiger partial charge on any atom is -0.490 e. The number of carbonyl (C=O) groups is 1. The largest absolute Gasteiger partial charge is 0.490 e. The topological polar surface area (TPSA) is 38.8 Å². The summed E-state index contributed by atoms with van der Waals surface area (Å²) in [4.78, 5) is 14.6. The van der Waals surface area contributed by atoms with Gasteiger partial charge in [0.1, 0.15) is 17.6 Å². The van der Waals surface area contributed by atoms with Crippen molar-refractivity contribution in [1.29, 1.82) is 0 Å². The number of carbonyl (C=O) groups excluding carboxylic acids is 1. The highest BCUT2D eigenvalue weighted by Gasteiger charge is 2.28. The number of nitrogens with zero attached hydrogens (tertiary/aromatic N) is 1. The molecule has 1 aliphatic rings.